The Morgan fingerprint density at radius 2 is 2.12 bits per heavy atom. The molecule has 1 unspecified atom stereocenters. The van der Waals surface area contributed by atoms with E-state index < -0.39 is 5.60 Å². The van der Waals surface area contributed by atoms with E-state index in [2.05, 4.69) is 17.2 Å². The molecule has 1 fully saturated rings. The summed E-state index contributed by atoms with van der Waals surface area (Å²) in [6, 6.07) is 7.61. The summed E-state index contributed by atoms with van der Waals surface area (Å²) >= 11 is 0. The first-order valence-electron chi connectivity index (χ1n) is 9.56. The summed E-state index contributed by atoms with van der Waals surface area (Å²) in [6.45, 7) is 7.14. The Morgan fingerprint density at radius 1 is 1.31 bits per heavy atom. The first kappa shape index (κ1) is 18.6. The van der Waals surface area contributed by atoms with Gasteiger partial charge in [0.05, 0.1) is 12.3 Å². The zero-order chi connectivity index (χ0) is 18.6. The van der Waals surface area contributed by atoms with Gasteiger partial charge < -0.3 is 14.8 Å². The number of aromatic nitrogens is 1. The smallest absolute Gasteiger partial charge is 0.256 e. The normalized spacial score (nSPS) is 16.3. The number of benzene rings is 1. The molecule has 5 heteroatoms. The van der Waals surface area contributed by atoms with Crippen LogP contribution in [-0.2, 0) is 9.53 Å². The summed E-state index contributed by atoms with van der Waals surface area (Å²) in [6.07, 6.45) is 5.90. The molecule has 1 saturated carbocycles. The molecule has 26 heavy (non-hydrogen) atoms. The van der Waals surface area contributed by atoms with Crippen molar-refractivity contribution in [3.05, 3.63) is 30.5 Å². The van der Waals surface area contributed by atoms with E-state index in [1.165, 1.54) is 0 Å². The number of hydrogen-bond donors (Lipinski definition) is 1. The molecule has 0 aliphatic heterocycles. The number of carbonyl (C=O) groups is 1. The van der Waals surface area contributed by atoms with Gasteiger partial charge in [0.2, 0.25) is 0 Å². The number of ether oxygens (including phenoxy) is 2. The third kappa shape index (κ3) is 3.83. The van der Waals surface area contributed by atoms with Crippen LogP contribution in [0.5, 0.6) is 5.75 Å². The fourth-order valence-electron chi connectivity index (χ4n) is 3.25. The number of carbonyl (C=O) groups excluding carboxylic acids is 1. The number of hydrogen-bond acceptors (Lipinski definition) is 4. The topological polar surface area (TPSA) is 60.5 Å². The molecule has 5 nitrogen and oxygen atoms in total. The largest absolute Gasteiger partial charge is 0.491 e. The Bertz CT molecular complexity index is 773. The highest BCUT2D eigenvalue weighted by molar-refractivity contribution is 6.05. The summed E-state index contributed by atoms with van der Waals surface area (Å²) in [7, 11) is 0. The third-order valence-corrected chi connectivity index (χ3v) is 4.99. The molecule has 1 aromatic heterocycles. The Morgan fingerprint density at radius 3 is 2.81 bits per heavy atom. The number of unbranched alkanes of at least 4 members (excludes halogenated alkanes) is 1. The van der Waals surface area contributed by atoms with Gasteiger partial charge in [-0.2, -0.15) is 0 Å². The molecule has 140 valence electrons. The maximum absolute atomic E-state index is 13.0. The number of nitrogens with zero attached hydrogens (tertiary/aromatic N) is 1. The van der Waals surface area contributed by atoms with Crippen molar-refractivity contribution < 1.29 is 14.3 Å². The second-order valence-electron chi connectivity index (χ2n) is 6.98. The van der Waals surface area contributed by atoms with Crippen LogP contribution in [0.3, 0.4) is 0 Å². The lowest BCUT2D eigenvalue weighted by molar-refractivity contribution is -0.141. The van der Waals surface area contributed by atoms with E-state index in [1.54, 1.807) is 6.20 Å². The maximum atomic E-state index is 13.0. The molecular weight excluding hydrogens is 328 g/mol. The van der Waals surface area contributed by atoms with E-state index in [9.17, 15) is 4.79 Å². The Labute approximate surface area is 155 Å². The second kappa shape index (κ2) is 8.04. The van der Waals surface area contributed by atoms with Crippen molar-refractivity contribution >= 4 is 22.5 Å². The molecule has 1 aromatic carbocycles. The maximum Gasteiger partial charge on any atom is 0.256 e. The molecule has 3 rings (SSSR count). The summed E-state index contributed by atoms with van der Waals surface area (Å²) < 4.78 is 11.7. The molecule has 0 spiro atoms. The number of pyridine rings is 1. The predicted octanol–water partition coefficient (Wildman–Crippen LogP) is 4.56. The lowest BCUT2D eigenvalue weighted by Gasteiger charge is -2.28. The van der Waals surface area contributed by atoms with Crippen molar-refractivity contribution in [3.8, 4) is 5.75 Å². The minimum atomic E-state index is -0.778. The summed E-state index contributed by atoms with van der Waals surface area (Å²) in [5, 5.41) is 3.95. The van der Waals surface area contributed by atoms with E-state index in [4.69, 9.17) is 9.47 Å². The summed E-state index contributed by atoms with van der Waals surface area (Å²) in [5.74, 6) is 0.956. The van der Waals surface area contributed by atoms with Crippen molar-refractivity contribution in [1.82, 2.24) is 4.98 Å². The van der Waals surface area contributed by atoms with Crippen molar-refractivity contribution in [2.45, 2.75) is 52.1 Å². The van der Waals surface area contributed by atoms with Gasteiger partial charge in [0.1, 0.15) is 16.9 Å². The molecular formula is C21H28N2O3. The Hall–Kier alpha value is -2.14. The van der Waals surface area contributed by atoms with Crippen LogP contribution >= 0.6 is 0 Å². The van der Waals surface area contributed by atoms with Gasteiger partial charge in [-0.3, -0.25) is 9.78 Å². The van der Waals surface area contributed by atoms with Crippen LogP contribution in [0.4, 0.5) is 5.69 Å². The molecule has 1 aliphatic carbocycles. The van der Waals surface area contributed by atoms with Gasteiger partial charge in [-0.25, -0.2) is 0 Å². The van der Waals surface area contributed by atoms with Crippen LogP contribution in [0, 0.1) is 5.92 Å². The number of rotatable bonds is 9. The summed E-state index contributed by atoms with van der Waals surface area (Å²) in [5.41, 5.74) is 0.734. The minimum absolute atomic E-state index is 0.0911. The first-order chi connectivity index (χ1) is 12.6. The fourth-order valence-corrected chi connectivity index (χ4v) is 3.25. The van der Waals surface area contributed by atoms with Crippen LogP contribution in [0.2, 0.25) is 0 Å². The van der Waals surface area contributed by atoms with Gasteiger partial charge >= 0.3 is 0 Å². The fraction of sp³-hybridized carbons (Fsp3) is 0.524. The van der Waals surface area contributed by atoms with E-state index in [1.807, 2.05) is 38.1 Å². The van der Waals surface area contributed by atoms with Crippen molar-refractivity contribution in [2.75, 3.05) is 18.5 Å². The molecule has 1 aliphatic rings. The lowest BCUT2D eigenvalue weighted by Crippen LogP contribution is -2.44. The SMILES string of the molecule is CCCCOc1ccc(NC(=O)C(C)(OCC)C2CC2)c2cccnc12. The number of anilines is 1. The quantitative estimate of drug-likeness (QED) is 0.669. The molecule has 1 atom stereocenters. The molecule has 0 radical (unpaired) electrons. The molecule has 1 N–H and O–H groups in total. The third-order valence-electron chi connectivity index (χ3n) is 4.99. The average Bonchev–Trinajstić information content (AvgIpc) is 3.49. The van der Waals surface area contributed by atoms with Gasteiger partial charge in [0, 0.05) is 18.2 Å². The van der Waals surface area contributed by atoms with Gasteiger partial charge in [-0.1, -0.05) is 13.3 Å². The number of nitrogens with one attached hydrogen (secondary N) is 1. The second-order valence-corrected chi connectivity index (χ2v) is 6.98. The van der Waals surface area contributed by atoms with Crippen LogP contribution in [0.1, 0.15) is 46.5 Å². The zero-order valence-corrected chi connectivity index (χ0v) is 15.9. The van der Waals surface area contributed by atoms with Crippen LogP contribution in [-0.4, -0.2) is 29.7 Å². The van der Waals surface area contributed by atoms with E-state index in [0.717, 1.165) is 48.0 Å². The zero-order valence-electron chi connectivity index (χ0n) is 15.9. The Kier molecular flexibility index (Phi) is 5.77. The standard InChI is InChI=1S/C21H28N2O3/c1-4-6-14-25-18-12-11-17(16-8-7-13-22-19(16)18)23-20(24)21(3,26-5-2)15-9-10-15/h7-8,11-13,15H,4-6,9-10,14H2,1-3H3,(H,23,24). The van der Waals surface area contributed by atoms with Gasteiger partial charge in [-0.15, -0.1) is 0 Å². The summed E-state index contributed by atoms with van der Waals surface area (Å²) in [4.78, 5) is 17.4. The van der Waals surface area contributed by atoms with Gasteiger partial charge in [0.25, 0.3) is 5.91 Å². The lowest BCUT2D eigenvalue weighted by atomic mass is 9.98. The molecule has 1 amide bonds. The molecule has 0 bridgehead atoms. The van der Waals surface area contributed by atoms with Crippen LogP contribution in [0.15, 0.2) is 30.5 Å². The molecule has 0 saturated heterocycles. The van der Waals surface area contributed by atoms with Gasteiger partial charge in [0.15, 0.2) is 0 Å². The number of fused-ring (bicyclic) bond motifs is 1. The van der Waals surface area contributed by atoms with Crippen molar-refractivity contribution in [1.29, 1.82) is 0 Å². The average molecular weight is 356 g/mol. The monoisotopic (exact) mass is 356 g/mol. The van der Waals surface area contributed by atoms with E-state index >= 15 is 0 Å². The van der Waals surface area contributed by atoms with Crippen molar-refractivity contribution in [3.63, 3.8) is 0 Å². The first-order valence-corrected chi connectivity index (χ1v) is 9.56. The van der Waals surface area contributed by atoms with Crippen LogP contribution < -0.4 is 10.1 Å². The highest BCUT2D eigenvalue weighted by Gasteiger charge is 2.48. The van der Waals surface area contributed by atoms with E-state index in [0.29, 0.717) is 19.1 Å². The highest BCUT2D eigenvalue weighted by atomic mass is 16.5. The van der Waals surface area contributed by atoms with Crippen molar-refractivity contribution in [2.24, 2.45) is 5.92 Å². The predicted molar refractivity (Wildman–Crippen MR) is 104 cm³/mol. The minimum Gasteiger partial charge on any atom is -0.491 e. The van der Waals surface area contributed by atoms with E-state index in [-0.39, 0.29) is 5.91 Å². The Balaban J connectivity index is 1.86. The van der Waals surface area contributed by atoms with Gasteiger partial charge in [-0.05, 0) is 63.3 Å². The number of amides is 1. The molecule has 1 heterocycles. The highest BCUT2D eigenvalue weighted by Crippen LogP contribution is 2.43. The molecule has 2 aromatic rings. The van der Waals surface area contributed by atoms with Crippen LogP contribution in [0.25, 0.3) is 10.9 Å².